The molecular formula is C13H13NO3S. The van der Waals surface area contributed by atoms with Gasteiger partial charge in [0.05, 0.1) is 12.5 Å². The van der Waals surface area contributed by atoms with Crippen molar-refractivity contribution in [2.75, 3.05) is 6.26 Å². The molecule has 0 N–H and O–H groups in total. The van der Waals surface area contributed by atoms with E-state index in [0.717, 1.165) is 22.9 Å². The Morgan fingerprint density at radius 2 is 1.78 bits per heavy atom. The Hall–Kier alpha value is -1.88. The first-order valence-electron chi connectivity index (χ1n) is 5.37. The third-order valence-corrected chi connectivity index (χ3v) is 2.98. The van der Waals surface area contributed by atoms with Crippen LogP contribution in [-0.4, -0.2) is 19.7 Å². The predicted octanol–water partition coefficient (Wildman–Crippen LogP) is 2.40. The van der Waals surface area contributed by atoms with Gasteiger partial charge in [-0.1, -0.05) is 30.3 Å². The Bertz CT molecular complexity index is 651. The molecule has 0 aliphatic rings. The van der Waals surface area contributed by atoms with E-state index < -0.39 is 10.1 Å². The molecule has 0 fully saturated rings. The first kappa shape index (κ1) is 12.6. The van der Waals surface area contributed by atoms with Crippen molar-refractivity contribution in [3.05, 3.63) is 48.3 Å². The summed E-state index contributed by atoms with van der Waals surface area (Å²) < 4.78 is 27.2. The summed E-state index contributed by atoms with van der Waals surface area (Å²) in [5.74, 6) is 0.263. The van der Waals surface area contributed by atoms with Gasteiger partial charge in [0.15, 0.2) is 5.75 Å². The molecule has 0 saturated heterocycles. The second-order valence-corrected chi connectivity index (χ2v) is 5.54. The third kappa shape index (κ3) is 2.87. The van der Waals surface area contributed by atoms with E-state index in [1.807, 2.05) is 37.3 Å². The van der Waals surface area contributed by atoms with Crippen LogP contribution in [0.2, 0.25) is 0 Å². The van der Waals surface area contributed by atoms with Gasteiger partial charge in [0, 0.05) is 17.3 Å². The molecule has 1 heterocycles. The Morgan fingerprint density at radius 3 is 2.39 bits per heavy atom. The summed E-state index contributed by atoms with van der Waals surface area (Å²) in [6.07, 6.45) is 4.12. The number of benzene rings is 1. The SMILES string of the molecule is Cc1c(OS(C)(=O)=O)cncc1-c1ccccc1. The number of nitrogens with zero attached hydrogens (tertiary/aromatic N) is 1. The molecule has 18 heavy (non-hydrogen) atoms. The summed E-state index contributed by atoms with van der Waals surface area (Å²) in [7, 11) is -3.54. The molecule has 0 atom stereocenters. The molecule has 1 aromatic heterocycles. The molecular weight excluding hydrogens is 250 g/mol. The van der Waals surface area contributed by atoms with E-state index in [-0.39, 0.29) is 5.75 Å². The van der Waals surface area contributed by atoms with Gasteiger partial charge in [-0.15, -0.1) is 0 Å². The smallest absolute Gasteiger partial charge is 0.306 e. The largest absolute Gasteiger partial charge is 0.381 e. The minimum atomic E-state index is -3.54. The predicted molar refractivity (Wildman–Crippen MR) is 69.9 cm³/mol. The monoisotopic (exact) mass is 263 g/mol. The zero-order valence-electron chi connectivity index (χ0n) is 10.1. The van der Waals surface area contributed by atoms with Crippen LogP contribution in [0.4, 0.5) is 0 Å². The fraction of sp³-hybridized carbons (Fsp3) is 0.154. The van der Waals surface area contributed by atoms with E-state index in [1.54, 1.807) is 6.20 Å². The van der Waals surface area contributed by atoms with E-state index in [1.165, 1.54) is 6.20 Å². The maximum atomic E-state index is 11.2. The lowest BCUT2D eigenvalue weighted by molar-refractivity contribution is 0.490. The first-order valence-corrected chi connectivity index (χ1v) is 7.18. The summed E-state index contributed by atoms with van der Waals surface area (Å²) >= 11 is 0. The highest BCUT2D eigenvalue weighted by Gasteiger charge is 2.11. The normalized spacial score (nSPS) is 11.2. The minimum absolute atomic E-state index is 0.263. The lowest BCUT2D eigenvalue weighted by atomic mass is 10.0. The molecule has 0 aliphatic heterocycles. The number of pyridine rings is 1. The van der Waals surface area contributed by atoms with Crippen LogP contribution in [0, 0.1) is 6.92 Å². The molecule has 0 spiro atoms. The first-order chi connectivity index (χ1) is 8.47. The molecule has 1 aromatic carbocycles. The van der Waals surface area contributed by atoms with E-state index in [2.05, 4.69) is 4.98 Å². The van der Waals surface area contributed by atoms with E-state index >= 15 is 0 Å². The zero-order valence-corrected chi connectivity index (χ0v) is 10.9. The van der Waals surface area contributed by atoms with Gasteiger partial charge in [0.1, 0.15) is 0 Å². The van der Waals surface area contributed by atoms with Crippen molar-refractivity contribution in [1.82, 2.24) is 4.98 Å². The minimum Gasteiger partial charge on any atom is -0.381 e. The van der Waals surface area contributed by atoms with Crippen LogP contribution in [0.5, 0.6) is 5.75 Å². The molecule has 0 unspecified atom stereocenters. The zero-order chi connectivity index (χ0) is 13.2. The number of hydrogen-bond acceptors (Lipinski definition) is 4. The van der Waals surface area contributed by atoms with Gasteiger partial charge in [-0.2, -0.15) is 8.42 Å². The Kier molecular flexibility index (Phi) is 3.34. The van der Waals surface area contributed by atoms with E-state index in [0.29, 0.717) is 0 Å². The van der Waals surface area contributed by atoms with E-state index in [4.69, 9.17) is 4.18 Å². The molecule has 2 rings (SSSR count). The van der Waals surface area contributed by atoms with E-state index in [9.17, 15) is 8.42 Å². The molecule has 0 amide bonds. The maximum Gasteiger partial charge on any atom is 0.306 e. The molecule has 2 aromatic rings. The molecule has 5 heteroatoms. The van der Waals surface area contributed by atoms with Crippen molar-refractivity contribution in [3.8, 4) is 16.9 Å². The topological polar surface area (TPSA) is 56.3 Å². The highest BCUT2D eigenvalue weighted by atomic mass is 32.2. The lowest BCUT2D eigenvalue weighted by Gasteiger charge is -2.10. The summed E-state index contributed by atoms with van der Waals surface area (Å²) in [5, 5.41) is 0. The van der Waals surface area contributed by atoms with Gasteiger partial charge in [-0.25, -0.2) is 0 Å². The van der Waals surface area contributed by atoms with Crippen molar-refractivity contribution in [1.29, 1.82) is 0 Å². The van der Waals surface area contributed by atoms with Crippen molar-refractivity contribution in [2.24, 2.45) is 0 Å². The number of hydrogen-bond donors (Lipinski definition) is 0. The summed E-state index contributed by atoms with van der Waals surface area (Å²) in [5.41, 5.74) is 2.58. The van der Waals surface area contributed by atoms with Crippen LogP contribution < -0.4 is 4.18 Å². The highest BCUT2D eigenvalue weighted by Crippen LogP contribution is 2.29. The van der Waals surface area contributed by atoms with Crippen LogP contribution in [0.25, 0.3) is 11.1 Å². The van der Waals surface area contributed by atoms with Crippen molar-refractivity contribution in [2.45, 2.75) is 6.92 Å². The molecule has 0 aliphatic carbocycles. The van der Waals surface area contributed by atoms with Gasteiger partial charge >= 0.3 is 10.1 Å². The van der Waals surface area contributed by atoms with Crippen LogP contribution in [0.3, 0.4) is 0 Å². The van der Waals surface area contributed by atoms with Gasteiger partial charge in [-0.05, 0) is 12.5 Å². The van der Waals surface area contributed by atoms with Gasteiger partial charge < -0.3 is 4.18 Å². The Labute approximate surface area is 106 Å². The average Bonchev–Trinajstić information content (AvgIpc) is 2.31. The quantitative estimate of drug-likeness (QED) is 0.798. The number of rotatable bonds is 3. The summed E-state index contributed by atoms with van der Waals surface area (Å²) in [6.45, 7) is 1.81. The van der Waals surface area contributed by atoms with Gasteiger partial charge in [-0.3, -0.25) is 4.98 Å². The summed E-state index contributed by atoms with van der Waals surface area (Å²) in [4.78, 5) is 4.02. The molecule has 4 nitrogen and oxygen atoms in total. The fourth-order valence-electron chi connectivity index (χ4n) is 1.66. The molecule has 0 radical (unpaired) electrons. The molecule has 0 bridgehead atoms. The van der Waals surface area contributed by atoms with Crippen molar-refractivity contribution < 1.29 is 12.6 Å². The van der Waals surface area contributed by atoms with Crippen LogP contribution >= 0.6 is 0 Å². The molecule has 0 saturated carbocycles. The molecule has 94 valence electrons. The fourth-order valence-corrected chi connectivity index (χ4v) is 2.16. The second-order valence-electron chi connectivity index (χ2n) is 3.96. The van der Waals surface area contributed by atoms with Crippen molar-refractivity contribution in [3.63, 3.8) is 0 Å². The van der Waals surface area contributed by atoms with Crippen LogP contribution in [-0.2, 0) is 10.1 Å². The Balaban J connectivity index is 2.49. The lowest BCUT2D eigenvalue weighted by Crippen LogP contribution is -2.07. The third-order valence-electron chi connectivity index (χ3n) is 2.49. The van der Waals surface area contributed by atoms with Crippen molar-refractivity contribution >= 4 is 10.1 Å². The Morgan fingerprint density at radius 1 is 1.11 bits per heavy atom. The number of aromatic nitrogens is 1. The standard InChI is InChI=1S/C13H13NO3S/c1-10-12(11-6-4-3-5-7-11)8-14-9-13(10)17-18(2,15)16/h3-9H,1-2H3. The van der Waals surface area contributed by atoms with Gasteiger partial charge in [0.2, 0.25) is 0 Å². The van der Waals surface area contributed by atoms with Crippen LogP contribution in [0.15, 0.2) is 42.7 Å². The van der Waals surface area contributed by atoms with Gasteiger partial charge in [0.25, 0.3) is 0 Å². The van der Waals surface area contributed by atoms with Crippen LogP contribution in [0.1, 0.15) is 5.56 Å². The maximum absolute atomic E-state index is 11.2. The highest BCUT2D eigenvalue weighted by molar-refractivity contribution is 7.86. The average molecular weight is 263 g/mol. The second kappa shape index (κ2) is 4.78. The summed E-state index contributed by atoms with van der Waals surface area (Å²) in [6, 6.07) is 9.63.